The van der Waals surface area contributed by atoms with Gasteiger partial charge in [0, 0.05) is 23.2 Å². The van der Waals surface area contributed by atoms with Crippen LogP contribution in [0.5, 0.6) is 5.75 Å². The predicted octanol–water partition coefficient (Wildman–Crippen LogP) is 3.81. The largest absolute Gasteiger partial charge is 0.506 e. The van der Waals surface area contributed by atoms with Crippen LogP contribution in [0.2, 0.25) is 5.02 Å². The minimum atomic E-state index is -0.439. The van der Waals surface area contributed by atoms with E-state index < -0.39 is 5.82 Å². The molecule has 0 saturated heterocycles. The van der Waals surface area contributed by atoms with Gasteiger partial charge in [0.05, 0.1) is 17.0 Å². The van der Waals surface area contributed by atoms with Crippen LogP contribution in [-0.4, -0.2) is 28.0 Å². The third kappa shape index (κ3) is 3.53. The molecule has 0 aliphatic heterocycles. The highest BCUT2D eigenvalue weighted by Gasteiger charge is 2.22. The fraction of sp³-hybridized carbons (Fsp3) is 0.200. The summed E-state index contributed by atoms with van der Waals surface area (Å²) in [6.07, 6.45) is 0.0565. The van der Waals surface area contributed by atoms with Crippen molar-refractivity contribution in [2.24, 2.45) is 0 Å². The van der Waals surface area contributed by atoms with Gasteiger partial charge in [0.1, 0.15) is 11.6 Å². The predicted molar refractivity (Wildman–Crippen MR) is 102 cm³/mol. The number of aromatic hydroxyl groups is 1. The Morgan fingerprint density at radius 3 is 2.52 bits per heavy atom. The van der Waals surface area contributed by atoms with Crippen molar-refractivity contribution in [3.05, 3.63) is 64.1 Å². The van der Waals surface area contributed by atoms with E-state index in [9.17, 15) is 19.1 Å². The molecular formula is C20H18ClFN2O3. The Hall–Kier alpha value is -2.86. The second-order valence-electron chi connectivity index (χ2n) is 6.16. The zero-order chi connectivity index (χ0) is 19.7. The number of nitrogens with one attached hydrogen (secondary N) is 1. The second-order valence-corrected chi connectivity index (χ2v) is 6.57. The Bertz CT molecular complexity index is 1040. The monoisotopic (exact) mass is 388 g/mol. The van der Waals surface area contributed by atoms with Crippen LogP contribution in [0.25, 0.3) is 10.9 Å². The Morgan fingerprint density at radius 2 is 1.89 bits per heavy atom. The molecule has 1 aromatic heterocycles. The summed E-state index contributed by atoms with van der Waals surface area (Å²) in [6.45, 7) is 4.03. The van der Waals surface area contributed by atoms with Crippen LogP contribution in [0.15, 0.2) is 36.4 Å². The first-order chi connectivity index (χ1) is 12.8. The van der Waals surface area contributed by atoms with E-state index >= 15 is 0 Å². The first-order valence-electron chi connectivity index (χ1n) is 8.42. The van der Waals surface area contributed by atoms with Crippen LogP contribution in [0.3, 0.4) is 0 Å². The number of fused-ring (bicyclic) bond motifs is 1. The molecular weight excluding hydrogens is 371 g/mol. The first kappa shape index (κ1) is 18.9. The van der Waals surface area contributed by atoms with Gasteiger partial charge in [0.2, 0.25) is 5.91 Å². The van der Waals surface area contributed by atoms with Crippen molar-refractivity contribution in [3.63, 3.8) is 0 Å². The number of carbonyl (C=O) groups excluding carboxylic acids is 2. The molecule has 2 aromatic carbocycles. The number of benzene rings is 2. The van der Waals surface area contributed by atoms with Crippen molar-refractivity contribution in [3.8, 4) is 5.75 Å². The van der Waals surface area contributed by atoms with Crippen LogP contribution in [-0.2, 0) is 11.2 Å². The van der Waals surface area contributed by atoms with Crippen molar-refractivity contribution in [1.29, 1.82) is 0 Å². The van der Waals surface area contributed by atoms with Crippen molar-refractivity contribution in [1.82, 2.24) is 9.88 Å². The summed E-state index contributed by atoms with van der Waals surface area (Å²) in [4.78, 5) is 25.2. The molecule has 0 aliphatic carbocycles. The lowest BCUT2D eigenvalue weighted by atomic mass is 10.1. The normalized spacial score (nSPS) is 11.0. The molecule has 1 amide bonds. The molecule has 0 unspecified atom stereocenters. The van der Waals surface area contributed by atoms with E-state index in [0.29, 0.717) is 34.3 Å². The summed E-state index contributed by atoms with van der Waals surface area (Å²) in [6, 6.07) is 8.16. The molecule has 0 atom stereocenters. The third-order valence-electron chi connectivity index (χ3n) is 4.41. The molecule has 0 fully saturated rings. The topological polar surface area (TPSA) is 71.3 Å². The molecule has 27 heavy (non-hydrogen) atoms. The van der Waals surface area contributed by atoms with Crippen molar-refractivity contribution in [2.45, 2.75) is 20.3 Å². The molecule has 0 aliphatic rings. The van der Waals surface area contributed by atoms with Gasteiger partial charge in [-0.25, -0.2) is 4.39 Å². The Morgan fingerprint density at radius 1 is 1.22 bits per heavy atom. The van der Waals surface area contributed by atoms with Crippen LogP contribution in [0.4, 0.5) is 4.39 Å². The minimum Gasteiger partial charge on any atom is -0.506 e. The van der Waals surface area contributed by atoms with E-state index in [1.165, 1.54) is 41.0 Å². The number of phenols is 1. The highest BCUT2D eigenvalue weighted by Crippen LogP contribution is 2.34. The fourth-order valence-corrected chi connectivity index (χ4v) is 3.27. The van der Waals surface area contributed by atoms with E-state index in [2.05, 4.69) is 5.32 Å². The maximum atomic E-state index is 13.2. The van der Waals surface area contributed by atoms with Gasteiger partial charge in [-0.15, -0.1) is 0 Å². The molecule has 0 radical (unpaired) electrons. The molecule has 1 heterocycles. The second kappa shape index (κ2) is 7.40. The number of aromatic nitrogens is 1. The molecule has 0 saturated carbocycles. The zero-order valence-electron chi connectivity index (χ0n) is 14.8. The van der Waals surface area contributed by atoms with E-state index in [-0.39, 0.29) is 29.0 Å². The van der Waals surface area contributed by atoms with Gasteiger partial charge < -0.3 is 10.4 Å². The molecule has 3 aromatic rings. The van der Waals surface area contributed by atoms with Crippen LogP contribution < -0.4 is 5.32 Å². The van der Waals surface area contributed by atoms with Crippen LogP contribution in [0.1, 0.15) is 28.5 Å². The summed E-state index contributed by atoms with van der Waals surface area (Å²) in [5.74, 6) is -1.14. The van der Waals surface area contributed by atoms with Gasteiger partial charge in [-0.2, -0.15) is 0 Å². The summed E-state index contributed by atoms with van der Waals surface area (Å²) in [7, 11) is 0. The number of hydrogen-bond acceptors (Lipinski definition) is 3. The summed E-state index contributed by atoms with van der Waals surface area (Å²) >= 11 is 6.04. The average Bonchev–Trinajstić information content (AvgIpc) is 2.87. The SMILES string of the molecule is CCNC(=O)Cc1c(C)n(C(=O)c2ccc(F)cc2)c2cc(Cl)c(O)cc12. The van der Waals surface area contributed by atoms with Gasteiger partial charge in [0.15, 0.2) is 0 Å². The smallest absolute Gasteiger partial charge is 0.262 e. The van der Waals surface area contributed by atoms with E-state index in [0.717, 1.165) is 0 Å². The lowest BCUT2D eigenvalue weighted by molar-refractivity contribution is -0.120. The van der Waals surface area contributed by atoms with Crippen molar-refractivity contribution in [2.75, 3.05) is 6.54 Å². The number of phenolic OH excluding ortho intramolecular Hbond substituents is 1. The quantitative estimate of drug-likeness (QED) is 0.713. The van der Waals surface area contributed by atoms with Gasteiger partial charge in [0.25, 0.3) is 5.91 Å². The fourth-order valence-electron chi connectivity index (χ4n) is 3.12. The number of halogens is 2. The Kier molecular flexibility index (Phi) is 5.19. The number of amides is 1. The number of nitrogens with zero attached hydrogens (tertiary/aromatic N) is 1. The summed E-state index contributed by atoms with van der Waals surface area (Å²) in [5, 5.41) is 13.4. The number of carbonyl (C=O) groups is 2. The Labute approximate surface area is 160 Å². The minimum absolute atomic E-state index is 0.0565. The molecule has 140 valence electrons. The Balaban J connectivity index is 2.21. The number of hydrogen-bond donors (Lipinski definition) is 2. The van der Waals surface area contributed by atoms with Crippen LogP contribution >= 0.6 is 11.6 Å². The summed E-state index contributed by atoms with van der Waals surface area (Å²) < 4.78 is 14.6. The zero-order valence-corrected chi connectivity index (χ0v) is 15.6. The molecule has 0 bridgehead atoms. The maximum absolute atomic E-state index is 13.2. The first-order valence-corrected chi connectivity index (χ1v) is 8.80. The highest BCUT2D eigenvalue weighted by molar-refractivity contribution is 6.33. The molecule has 2 N–H and O–H groups in total. The van der Waals surface area contributed by atoms with Crippen molar-refractivity contribution >= 4 is 34.3 Å². The standard InChI is InChI=1S/C20H18ClFN2O3/c1-3-23-19(26)9-14-11(2)24(17-10-16(21)18(25)8-15(14)17)20(27)12-4-6-13(22)7-5-12/h4-8,10,25H,3,9H2,1-2H3,(H,23,26). The number of likely N-dealkylation sites (N-methyl/N-ethyl adjacent to an activating group) is 1. The number of rotatable bonds is 4. The van der Waals surface area contributed by atoms with E-state index in [1.54, 1.807) is 6.92 Å². The summed E-state index contributed by atoms with van der Waals surface area (Å²) in [5.41, 5.74) is 1.96. The lowest BCUT2D eigenvalue weighted by Crippen LogP contribution is -2.24. The molecule has 5 nitrogen and oxygen atoms in total. The van der Waals surface area contributed by atoms with Crippen LogP contribution in [0, 0.1) is 12.7 Å². The molecule has 0 spiro atoms. The maximum Gasteiger partial charge on any atom is 0.262 e. The van der Waals surface area contributed by atoms with Gasteiger partial charge in [-0.05, 0) is 55.8 Å². The van der Waals surface area contributed by atoms with Crippen molar-refractivity contribution < 1.29 is 19.1 Å². The third-order valence-corrected chi connectivity index (χ3v) is 4.71. The van der Waals surface area contributed by atoms with Gasteiger partial charge in [-0.1, -0.05) is 11.6 Å². The molecule has 3 rings (SSSR count). The van der Waals surface area contributed by atoms with E-state index in [4.69, 9.17) is 11.6 Å². The average molecular weight is 389 g/mol. The van der Waals surface area contributed by atoms with E-state index in [1.807, 2.05) is 6.92 Å². The molecule has 7 heteroatoms. The van der Waals surface area contributed by atoms with Gasteiger partial charge >= 0.3 is 0 Å². The lowest BCUT2D eigenvalue weighted by Gasteiger charge is -2.08. The van der Waals surface area contributed by atoms with Gasteiger partial charge in [-0.3, -0.25) is 14.2 Å². The highest BCUT2D eigenvalue weighted by atomic mass is 35.5.